The van der Waals surface area contributed by atoms with Crippen LogP contribution in [0.15, 0.2) is 35.4 Å². The minimum Gasteiger partial charge on any atom is -0.355 e. The van der Waals surface area contributed by atoms with Crippen molar-refractivity contribution < 1.29 is 4.52 Å². The Labute approximate surface area is 157 Å². The number of nitrogens with zero attached hydrogens (tertiary/aromatic N) is 6. The first-order valence-electron chi connectivity index (χ1n) is 9.41. The lowest BCUT2D eigenvalue weighted by Crippen LogP contribution is -2.37. The molecule has 1 saturated heterocycles. The Morgan fingerprint density at radius 3 is 3.19 bits per heavy atom. The molecule has 1 atom stereocenters. The molecule has 8 heteroatoms. The summed E-state index contributed by atoms with van der Waals surface area (Å²) in [5.74, 6) is 2.58. The molecule has 138 valence electrons. The van der Waals surface area contributed by atoms with Crippen LogP contribution in [0.3, 0.4) is 0 Å². The molecule has 5 heterocycles. The molecule has 0 unspecified atom stereocenters. The highest BCUT2D eigenvalue weighted by atomic mass is 16.5. The van der Waals surface area contributed by atoms with Gasteiger partial charge in [-0.15, -0.1) is 0 Å². The molecule has 0 aliphatic carbocycles. The first-order chi connectivity index (χ1) is 13.4. The van der Waals surface area contributed by atoms with E-state index in [1.54, 1.807) is 18.7 Å². The van der Waals surface area contributed by atoms with Crippen molar-refractivity contribution >= 4 is 5.82 Å². The summed E-state index contributed by atoms with van der Waals surface area (Å²) in [6, 6.07) is 3.82. The lowest BCUT2D eigenvalue weighted by molar-refractivity contribution is 0.333. The molecule has 3 aromatic rings. The van der Waals surface area contributed by atoms with Gasteiger partial charge in [-0.25, -0.2) is 9.97 Å². The smallest absolute Gasteiger partial charge is 0.231 e. The van der Waals surface area contributed by atoms with Crippen molar-refractivity contribution in [2.75, 3.05) is 24.5 Å². The lowest BCUT2D eigenvalue weighted by atomic mass is 9.97. The zero-order valence-corrected chi connectivity index (χ0v) is 15.0. The van der Waals surface area contributed by atoms with Crippen LogP contribution in [0.1, 0.15) is 35.9 Å². The number of pyridine rings is 1. The third kappa shape index (κ3) is 3.16. The third-order valence-electron chi connectivity index (χ3n) is 5.29. The van der Waals surface area contributed by atoms with E-state index in [0.29, 0.717) is 11.7 Å². The summed E-state index contributed by atoms with van der Waals surface area (Å²) >= 11 is 0. The van der Waals surface area contributed by atoms with Crippen molar-refractivity contribution in [2.24, 2.45) is 0 Å². The highest BCUT2D eigenvalue weighted by Crippen LogP contribution is 2.32. The Kier molecular flexibility index (Phi) is 4.25. The predicted octanol–water partition coefficient (Wildman–Crippen LogP) is 1.95. The molecule has 0 bridgehead atoms. The van der Waals surface area contributed by atoms with Crippen molar-refractivity contribution in [1.82, 2.24) is 30.4 Å². The number of piperidine rings is 1. The van der Waals surface area contributed by atoms with Crippen LogP contribution in [0.25, 0.3) is 11.4 Å². The largest absolute Gasteiger partial charge is 0.355 e. The molecule has 0 saturated carbocycles. The van der Waals surface area contributed by atoms with Crippen LogP contribution in [0, 0.1) is 0 Å². The van der Waals surface area contributed by atoms with E-state index in [0.717, 1.165) is 62.5 Å². The average Bonchev–Trinajstić information content (AvgIpc) is 3.24. The maximum atomic E-state index is 5.60. The number of nitrogens with one attached hydrogen (secondary N) is 1. The highest BCUT2D eigenvalue weighted by Gasteiger charge is 2.29. The number of rotatable bonds is 3. The van der Waals surface area contributed by atoms with E-state index >= 15 is 0 Å². The maximum Gasteiger partial charge on any atom is 0.231 e. The number of hydrogen-bond donors (Lipinski definition) is 1. The molecular formula is C19H21N7O. The van der Waals surface area contributed by atoms with Gasteiger partial charge in [0, 0.05) is 43.2 Å². The molecule has 2 aliphatic heterocycles. The van der Waals surface area contributed by atoms with E-state index in [4.69, 9.17) is 4.52 Å². The topological polar surface area (TPSA) is 92.9 Å². The van der Waals surface area contributed by atoms with Gasteiger partial charge in [0.05, 0.1) is 11.6 Å². The molecule has 1 fully saturated rings. The minimum absolute atomic E-state index is 0.212. The maximum absolute atomic E-state index is 5.60. The second-order valence-corrected chi connectivity index (χ2v) is 7.03. The molecule has 3 aromatic heterocycles. The fourth-order valence-corrected chi connectivity index (χ4v) is 3.92. The molecule has 0 amide bonds. The van der Waals surface area contributed by atoms with Crippen LogP contribution in [-0.4, -0.2) is 44.7 Å². The molecule has 27 heavy (non-hydrogen) atoms. The summed E-state index contributed by atoms with van der Waals surface area (Å²) in [4.78, 5) is 20.2. The summed E-state index contributed by atoms with van der Waals surface area (Å²) in [5.41, 5.74) is 3.26. The zero-order chi connectivity index (χ0) is 18.1. The Bertz CT molecular complexity index is 927. The average molecular weight is 363 g/mol. The number of fused-ring (bicyclic) bond motifs is 1. The SMILES string of the molecule is c1cncc(-c2noc([C@H]3CCCN(c4ncnc5c4CCNC5)C3)n2)c1. The van der Waals surface area contributed by atoms with Crippen LogP contribution in [0.4, 0.5) is 5.82 Å². The number of aromatic nitrogens is 5. The van der Waals surface area contributed by atoms with Crippen molar-refractivity contribution in [2.45, 2.75) is 31.7 Å². The Hall–Kier alpha value is -2.87. The normalized spacial score (nSPS) is 19.7. The lowest BCUT2D eigenvalue weighted by Gasteiger charge is -2.34. The molecule has 5 rings (SSSR count). The second-order valence-electron chi connectivity index (χ2n) is 7.03. The first-order valence-corrected chi connectivity index (χ1v) is 9.41. The van der Waals surface area contributed by atoms with E-state index in [2.05, 4.69) is 35.3 Å². The predicted molar refractivity (Wildman–Crippen MR) is 99.2 cm³/mol. The molecule has 2 aliphatic rings. The molecule has 0 radical (unpaired) electrons. The van der Waals surface area contributed by atoms with Crippen molar-refractivity contribution in [3.8, 4) is 11.4 Å². The van der Waals surface area contributed by atoms with Crippen LogP contribution in [0.2, 0.25) is 0 Å². The fourth-order valence-electron chi connectivity index (χ4n) is 3.92. The van der Waals surface area contributed by atoms with E-state index < -0.39 is 0 Å². The van der Waals surface area contributed by atoms with E-state index in [9.17, 15) is 0 Å². The van der Waals surface area contributed by atoms with Crippen LogP contribution in [-0.2, 0) is 13.0 Å². The molecule has 1 N–H and O–H groups in total. The summed E-state index contributed by atoms with van der Waals surface area (Å²) in [6.07, 6.45) is 8.26. The number of hydrogen-bond acceptors (Lipinski definition) is 8. The van der Waals surface area contributed by atoms with E-state index in [1.165, 1.54) is 5.56 Å². The second kappa shape index (κ2) is 7.03. The van der Waals surface area contributed by atoms with Gasteiger partial charge in [-0.2, -0.15) is 4.98 Å². The van der Waals surface area contributed by atoms with Crippen LogP contribution in [0.5, 0.6) is 0 Å². The van der Waals surface area contributed by atoms with Gasteiger partial charge < -0.3 is 14.7 Å². The van der Waals surface area contributed by atoms with Crippen molar-refractivity contribution in [3.05, 3.63) is 48.0 Å². The summed E-state index contributed by atoms with van der Waals surface area (Å²) < 4.78 is 5.60. The highest BCUT2D eigenvalue weighted by molar-refractivity contribution is 5.52. The minimum atomic E-state index is 0.212. The fraction of sp³-hybridized carbons (Fsp3) is 0.421. The Morgan fingerprint density at radius 2 is 2.26 bits per heavy atom. The Morgan fingerprint density at radius 1 is 1.26 bits per heavy atom. The van der Waals surface area contributed by atoms with Gasteiger partial charge in [-0.1, -0.05) is 5.16 Å². The van der Waals surface area contributed by atoms with Gasteiger partial charge in [0.1, 0.15) is 12.1 Å². The molecule has 0 aromatic carbocycles. The van der Waals surface area contributed by atoms with Gasteiger partial charge in [0.15, 0.2) is 0 Å². The number of anilines is 1. The quantitative estimate of drug-likeness (QED) is 0.755. The summed E-state index contributed by atoms with van der Waals surface area (Å²) in [7, 11) is 0. The Balaban J connectivity index is 1.38. The molecule has 0 spiro atoms. The monoisotopic (exact) mass is 363 g/mol. The van der Waals surface area contributed by atoms with Gasteiger partial charge in [-0.05, 0) is 37.9 Å². The van der Waals surface area contributed by atoms with Gasteiger partial charge in [-0.3, -0.25) is 4.98 Å². The molecular weight excluding hydrogens is 342 g/mol. The van der Waals surface area contributed by atoms with Gasteiger partial charge >= 0.3 is 0 Å². The standard InChI is InChI=1S/C19H21N7O/c1-3-13(9-20-6-1)17-24-19(27-25-17)14-4-2-8-26(11-14)18-15-5-7-21-10-16(15)22-12-23-18/h1,3,6,9,12,14,21H,2,4-5,7-8,10-11H2/t14-/m0/s1. The van der Waals surface area contributed by atoms with E-state index in [-0.39, 0.29) is 5.92 Å². The van der Waals surface area contributed by atoms with Crippen molar-refractivity contribution in [3.63, 3.8) is 0 Å². The summed E-state index contributed by atoms with van der Waals surface area (Å²) in [5, 5.41) is 7.53. The first kappa shape index (κ1) is 16.3. The summed E-state index contributed by atoms with van der Waals surface area (Å²) in [6.45, 7) is 3.63. The van der Waals surface area contributed by atoms with Gasteiger partial charge in [0.2, 0.25) is 11.7 Å². The van der Waals surface area contributed by atoms with Crippen molar-refractivity contribution in [1.29, 1.82) is 0 Å². The third-order valence-corrected chi connectivity index (χ3v) is 5.29. The van der Waals surface area contributed by atoms with E-state index in [1.807, 2.05) is 12.1 Å². The zero-order valence-electron chi connectivity index (χ0n) is 15.0. The van der Waals surface area contributed by atoms with Gasteiger partial charge in [0.25, 0.3) is 0 Å². The van der Waals surface area contributed by atoms with Crippen LogP contribution >= 0.6 is 0 Å². The molecule has 8 nitrogen and oxygen atoms in total. The van der Waals surface area contributed by atoms with Crippen LogP contribution < -0.4 is 10.2 Å².